The molecule has 1 aliphatic rings. The second-order valence-electron chi connectivity index (χ2n) is 6.57. The summed E-state index contributed by atoms with van der Waals surface area (Å²) in [6, 6.07) is 9.75. The second kappa shape index (κ2) is 9.25. The monoisotopic (exact) mass is 287 g/mol. The third-order valence-electron chi connectivity index (χ3n) is 4.96. The first kappa shape index (κ1) is 16.5. The summed E-state index contributed by atoms with van der Waals surface area (Å²) >= 11 is 0. The van der Waals surface area contributed by atoms with Gasteiger partial charge in [0.25, 0.3) is 0 Å². The molecule has 1 aliphatic carbocycles. The summed E-state index contributed by atoms with van der Waals surface area (Å²) in [4.78, 5) is 0. The van der Waals surface area contributed by atoms with Crippen LogP contribution in [0.25, 0.3) is 0 Å². The van der Waals surface area contributed by atoms with Crippen LogP contribution < -0.4 is 5.32 Å². The maximum atomic E-state index is 3.73. The summed E-state index contributed by atoms with van der Waals surface area (Å²) in [5.41, 5.74) is 3.21. The van der Waals surface area contributed by atoms with E-state index in [1.807, 2.05) is 0 Å². The number of benzene rings is 1. The molecule has 1 aromatic rings. The van der Waals surface area contributed by atoms with Crippen LogP contribution in [0, 0.1) is 0 Å². The van der Waals surface area contributed by atoms with Crippen molar-refractivity contribution < 1.29 is 0 Å². The number of rotatable bonds is 10. The predicted octanol–water partition coefficient (Wildman–Crippen LogP) is 5.97. The van der Waals surface area contributed by atoms with Crippen LogP contribution in [0.2, 0.25) is 0 Å². The average molecular weight is 287 g/mol. The topological polar surface area (TPSA) is 12.0 Å². The lowest BCUT2D eigenvalue weighted by Gasteiger charge is -2.31. The van der Waals surface area contributed by atoms with Crippen molar-refractivity contribution >= 4 is 0 Å². The van der Waals surface area contributed by atoms with E-state index >= 15 is 0 Å². The highest BCUT2D eigenvalue weighted by Crippen LogP contribution is 2.40. The molecule has 21 heavy (non-hydrogen) atoms. The Bertz CT molecular complexity index is 395. The van der Waals surface area contributed by atoms with Crippen LogP contribution in [0.4, 0.5) is 0 Å². The smallest absolute Gasteiger partial charge is 0.0322 e. The van der Waals surface area contributed by atoms with Gasteiger partial charge in [0.05, 0.1) is 0 Å². The average Bonchev–Trinajstić information content (AvgIpc) is 2.45. The number of hydrogen-bond acceptors (Lipinski definition) is 1. The molecular formula is C20H33N. The Hall–Kier alpha value is -0.820. The zero-order valence-electron chi connectivity index (χ0n) is 14.0. The molecule has 1 N–H and O–H groups in total. The minimum atomic E-state index is 0.563. The van der Waals surface area contributed by atoms with Crippen LogP contribution in [-0.2, 0) is 0 Å². The van der Waals surface area contributed by atoms with Crippen molar-refractivity contribution in [1.82, 2.24) is 5.32 Å². The summed E-state index contributed by atoms with van der Waals surface area (Å²) < 4.78 is 0. The van der Waals surface area contributed by atoms with Gasteiger partial charge in [0.2, 0.25) is 0 Å². The van der Waals surface area contributed by atoms with Crippen molar-refractivity contribution in [1.29, 1.82) is 0 Å². The minimum absolute atomic E-state index is 0.563. The van der Waals surface area contributed by atoms with Gasteiger partial charge < -0.3 is 5.32 Å². The molecule has 1 saturated carbocycles. The molecule has 0 saturated heterocycles. The van der Waals surface area contributed by atoms with Gasteiger partial charge in [-0.05, 0) is 42.9 Å². The Morgan fingerprint density at radius 3 is 2.48 bits per heavy atom. The molecule has 0 amide bonds. The minimum Gasteiger partial charge on any atom is -0.310 e. The molecule has 1 heteroatoms. The maximum absolute atomic E-state index is 3.73. The van der Waals surface area contributed by atoms with Crippen LogP contribution in [0.15, 0.2) is 24.3 Å². The fourth-order valence-electron chi connectivity index (χ4n) is 3.49. The molecule has 1 fully saturated rings. The lowest BCUT2D eigenvalue weighted by atomic mass is 9.76. The van der Waals surface area contributed by atoms with Gasteiger partial charge in [0.1, 0.15) is 0 Å². The van der Waals surface area contributed by atoms with Gasteiger partial charge in [0.15, 0.2) is 0 Å². The van der Waals surface area contributed by atoms with Crippen molar-refractivity contribution in [2.45, 2.75) is 83.6 Å². The Morgan fingerprint density at radius 2 is 1.81 bits per heavy atom. The molecule has 118 valence electrons. The van der Waals surface area contributed by atoms with Crippen LogP contribution in [0.1, 0.15) is 94.7 Å². The largest absolute Gasteiger partial charge is 0.310 e. The van der Waals surface area contributed by atoms with Crippen LogP contribution >= 0.6 is 0 Å². The van der Waals surface area contributed by atoms with E-state index in [1.54, 1.807) is 11.1 Å². The lowest BCUT2D eigenvalue weighted by Crippen LogP contribution is -2.23. The SMILES string of the molecule is CCCCCCCC(NCC)c1ccccc1C1CCC1. The fourth-order valence-corrected chi connectivity index (χ4v) is 3.49. The lowest BCUT2D eigenvalue weighted by molar-refractivity contribution is 0.406. The van der Waals surface area contributed by atoms with E-state index in [0.717, 1.165) is 12.5 Å². The first-order valence-corrected chi connectivity index (χ1v) is 9.19. The Balaban J connectivity index is 1.96. The molecule has 0 bridgehead atoms. The third kappa shape index (κ3) is 4.85. The normalized spacial score (nSPS) is 16.7. The van der Waals surface area contributed by atoms with Crippen LogP contribution in [0.3, 0.4) is 0 Å². The predicted molar refractivity (Wildman–Crippen MR) is 92.8 cm³/mol. The van der Waals surface area contributed by atoms with E-state index in [9.17, 15) is 0 Å². The summed E-state index contributed by atoms with van der Waals surface area (Å²) in [7, 11) is 0. The van der Waals surface area contributed by atoms with Gasteiger partial charge in [-0.25, -0.2) is 0 Å². The highest BCUT2D eigenvalue weighted by Gasteiger charge is 2.24. The first-order chi connectivity index (χ1) is 10.4. The van der Waals surface area contributed by atoms with Gasteiger partial charge in [0, 0.05) is 6.04 Å². The molecule has 0 radical (unpaired) electrons. The zero-order chi connectivity index (χ0) is 14.9. The van der Waals surface area contributed by atoms with Crippen molar-refractivity contribution in [3.8, 4) is 0 Å². The molecule has 2 rings (SSSR count). The standard InChI is InChI=1S/C20H33N/c1-3-5-6-7-8-16-20(21-4-2)19-15-10-9-14-18(19)17-12-11-13-17/h9-10,14-15,17,20-21H,3-8,11-13,16H2,1-2H3. The van der Waals surface area contributed by atoms with Crippen molar-refractivity contribution in [2.75, 3.05) is 6.54 Å². The van der Waals surface area contributed by atoms with Gasteiger partial charge >= 0.3 is 0 Å². The molecular weight excluding hydrogens is 254 g/mol. The van der Waals surface area contributed by atoms with Gasteiger partial charge in [-0.15, -0.1) is 0 Å². The number of hydrogen-bond donors (Lipinski definition) is 1. The van der Waals surface area contributed by atoms with Crippen LogP contribution in [0.5, 0.6) is 0 Å². The van der Waals surface area contributed by atoms with Crippen molar-refractivity contribution in [3.63, 3.8) is 0 Å². The molecule has 1 aromatic carbocycles. The van der Waals surface area contributed by atoms with E-state index in [2.05, 4.69) is 43.4 Å². The molecule has 1 unspecified atom stereocenters. The van der Waals surface area contributed by atoms with Crippen molar-refractivity contribution in [3.05, 3.63) is 35.4 Å². The van der Waals surface area contributed by atoms with Gasteiger partial charge in [-0.1, -0.05) is 76.6 Å². The molecule has 0 spiro atoms. The number of unbranched alkanes of at least 4 members (excludes halogenated alkanes) is 4. The first-order valence-electron chi connectivity index (χ1n) is 9.19. The number of nitrogens with one attached hydrogen (secondary N) is 1. The molecule has 0 aromatic heterocycles. The summed E-state index contributed by atoms with van der Waals surface area (Å²) in [5, 5.41) is 3.73. The maximum Gasteiger partial charge on any atom is 0.0322 e. The quantitative estimate of drug-likeness (QED) is 0.523. The second-order valence-corrected chi connectivity index (χ2v) is 6.57. The fraction of sp³-hybridized carbons (Fsp3) is 0.700. The van der Waals surface area contributed by atoms with E-state index in [4.69, 9.17) is 0 Å². The molecule has 1 atom stereocenters. The van der Waals surface area contributed by atoms with E-state index in [0.29, 0.717) is 6.04 Å². The van der Waals surface area contributed by atoms with Gasteiger partial charge in [-0.3, -0.25) is 0 Å². The molecule has 0 aliphatic heterocycles. The van der Waals surface area contributed by atoms with Crippen molar-refractivity contribution in [2.24, 2.45) is 0 Å². The third-order valence-corrected chi connectivity index (χ3v) is 4.96. The Labute approximate surface area is 131 Å². The molecule has 0 heterocycles. The van der Waals surface area contributed by atoms with Gasteiger partial charge in [-0.2, -0.15) is 0 Å². The summed E-state index contributed by atoms with van der Waals surface area (Å²) in [6.45, 7) is 5.59. The highest BCUT2D eigenvalue weighted by molar-refractivity contribution is 5.34. The van der Waals surface area contributed by atoms with Crippen LogP contribution in [-0.4, -0.2) is 6.54 Å². The van der Waals surface area contributed by atoms with E-state index in [-0.39, 0.29) is 0 Å². The highest BCUT2D eigenvalue weighted by atomic mass is 14.9. The summed E-state index contributed by atoms with van der Waals surface area (Å²) in [6.07, 6.45) is 12.4. The van der Waals surface area contributed by atoms with E-state index < -0.39 is 0 Å². The molecule has 1 nitrogen and oxygen atoms in total. The zero-order valence-corrected chi connectivity index (χ0v) is 14.0. The Morgan fingerprint density at radius 1 is 1.05 bits per heavy atom. The van der Waals surface area contributed by atoms with E-state index in [1.165, 1.54) is 57.8 Å². The summed E-state index contributed by atoms with van der Waals surface area (Å²) in [5.74, 6) is 0.836. The Kier molecular flexibility index (Phi) is 7.29.